The molecule has 0 aromatic heterocycles. The lowest BCUT2D eigenvalue weighted by Crippen LogP contribution is -2.32. The van der Waals surface area contributed by atoms with Crippen molar-refractivity contribution in [2.24, 2.45) is 0 Å². The van der Waals surface area contributed by atoms with Crippen molar-refractivity contribution in [2.45, 2.75) is 44.3 Å². The van der Waals surface area contributed by atoms with Gasteiger partial charge in [-0.05, 0) is 31.9 Å². The van der Waals surface area contributed by atoms with Gasteiger partial charge >= 0.3 is 0 Å². The van der Waals surface area contributed by atoms with E-state index in [4.69, 9.17) is 4.74 Å². The standard InChI is InChI=1S/C14H19BrO3/c1-10(16)12-5-4-11(15)8-13(12)18-9-14(17)6-2-3-7-14/h4-5,8,10,16-17H,2-3,6-7,9H2,1H3/t10-/m1/s1. The van der Waals surface area contributed by atoms with E-state index in [9.17, 15) is 10.2 Å². The van der Waals surface area contributed by atoms with Crippen molar-refractivity contribution >= 4 is 15.9 Å². The first-order chi connectivity index (χ1) is 8.50. The second-order valence-corrected chi connectivity index (χ2v) is 5.99. The molecule has 0 bridgehead atoms. The Labute approximate surface area is 116 Å². The summed E-state index contributed by atoms with van der Waals surface area (Å²) in [5.74, 6) is 0.639. The molecule has 1 aromatic carbocycles. The molecule has 0 heterocycles. The maximum atomic E-state index is 10.3. The Morgan fingerprint density at radius 1 is 1.39 bits per heavy atom. The molecule has 4 heteroatoms. The molecular weight excluding hydrogens is 296 g/mol. The zero-order chi connectivity index (χ0) is 13.2. The first-order valence-corrected chi connectivity index (χ1v) is 7.12. The highest BCUT2D eigenvalue weighted by atomic mass is 79.9. The number of hydrogen-bond donors (Lipinski definition) is 2. The Hall–Kier alpha value is -0.580. The number of benzene rings is 1. The highest BCUT2D eigenvalue weighted by molar-refractivity contribution is 9.10. The van der Waals surface area contributed by atoms with Gasteiger partial charge < -0.3 is 14.9 Å². The average Bonchev–Trinajstić information content (AvgIpc) is 2.74. The number of aliphatic hydroxyl groups excluding tert-OH is 1. The van der Waals surface area contributed by atoms with Crippen LogP contribution in [0, 0.1) is 0 Å². The van der Waals surface area contributed by atoms with Gasteiger partial charge in [-0.25, -0.2) is 0 Å². The fourth-order valence-corrected chi connectivity index (χ4v) is 2.71. The second-order valence-electron chi connectivity index (χ2n) is 5.08. The van der Waals surface area contributed by atoms with E-state index in [-0.39, 0.29) is 0 Å². The number of halogens is 1. The van der Waals surface area contributed by atoms with Crippen molar-refractivity contribution in [3.63, 3.8) is 0 Å². The van der Waals surface area contributed by atoms with E-state index < -0.39 is 11.7 Å². The first kappa shape index (κ1) is 13.8. The van der Waals surface area contributed by atoms with Gasteiger partial charge in [-0.2, -0.15) is 0 Å². The van der Waals surface area contributed by atoms with Gasteiger partial charge in [-0.3, -0.25) is 0 Å². The Balaban J connectivity index is 2.10. The van der Waals surface area contributed by atoms with Gasteiger partial charge in [0.1, 0.15) is 12.4 Å². The molecule has 1 fully saturated rings. The van der Waals surface area contributed by atoms with E-state index >= 15 is 0 Å². The molecule has 100 valence electrons. The summed E-state index contributed by atoms with van der Waals surface area (Å²) in [5.41, 5.74) is 0.0537. The largest absolute Gasteiger partial charge is 0.490 e. The van der Waals surface area contributed by atoms with Crippen molar-refractivity contribution in [1.29, 1.82) is 0 Å². The van der Waals surface area contributed by atoms with Crippen molar-refractivity contribution in [1.82, 2.24) is 0 Å². The Morgan fingerprint density at radius 3 is 2.67 bits per heavy atom. The number of rotatable bonds is 4. The lowest BCUT2D eigenvalue weighted by atomic mass is 10.0. The van der Waals surface area contributed by atoms with Crippen LogP contribution in [0.1, 0.15) is 44.3 Å². The van der Waals surface area contributed by atoms with Gasteiger partial charge in [-0.15, -0.1) is 0 Å². The lowest BCUT2D eigenvalue weighted by molar-refractivity contribution is 0.000454. The molecule has 0 unspecified atom stereocenters. The van der Waals surface area contributed by atoms with Crippen LogP contribution in [0.3, 0.4) is 0 Å². The van der Waals surface area contributed by atoms with Crippen LogP contribution in [-0.2, 0) is 0 Å². The quantitative estimate of drug-likeness (QED) is 0.897. The Morgan fingerprint density at radius 2 is 2.06 bits per heavy atom. The molecular formula is C14H19BrO3. The fourth-order valence-electron chi connectivity index (χ4n) is 2.37. The summed E-state index contributed by atoms with van der Waals surface area (Å²) in [4.78, 5) is 0. The average molecular weight is 315 g/mol. The molecule has 1 aliphatic rings. The molecule has 1 saturated carbocycles. The van der Waals surface area contributed by atoms with Crippen LogP contribution < -0.4 is 4.74 Å². The summed E-state index contributed by atoms with van der Waals surface area (Å²) in [5, 5.41) is 19.9. The summed E-state index contributed by atoms with van der Waals surface area (Å²) in [6.45, 7) is 2.00. The summed E-state index contributed by atoms with van der Waals surface area (Å²) in [6.07, 6.45) is 3.13. The van der Waals surface area contributed by atoms with Crippen molar-refractivity contribution in [2.75, 3.05) is 6.61 Å². The molecule has 0 radical (unpaired) electrons. The van der Waals surface area contributed by atoms with Gasteiger partial charge in [-0.1, -0.05) is 34.8 Å². The van der Waals surface area contributed by atoms with Gasteiger partial charge in [0.15, 0.2) is 0 Å². The zero-order valence-corrected chi connectivity index (χ0v) is 12.1. The van der Waals surface area contributed by atoms with Gasteiger partial charge in [0.05, 0.1) is 11.7 Å². The van der Waals surface area contributed by atoms with Crippen LogP contribution in [0.25, 0.3) is 0 Å². The number of aliphatic hydroxyl groups is 2. The van der Waals surface area contributed by atoms with Crippen LogP contribution in [0.2, 0.25) is 0 Å². The zero-order valence-electron chi connectivity index (χ0n) is 10.5. The van der Waals surface area contributed by atoms with Crippen LogP contribution in [-0.4, -0.2) is 22.4 Å². The van der Waals surface area contributed by atoms with Crippen molar-refractivity contribution < 1.29 is 14.9 Å². The van der Waals surface area contributed by atoms with Gasteiger partial charge in [0, 0.05) is 10.0 Å². The van der Waals surface area contributed by atoms with Crippen LogP contribution in [0.5, 0.6) is 5.75 Å². The first-order valence-electron chi connectivity index (χ1n) is 6.33. The van der Waals surface area contributed by atoms with E-state index in [1.165, 1.54) is 0 Å². The molecule has 0 amide bonds. The van der Waals surface area contributed by atoms with E-state index in [1.807, 2.05) is 18.2 Å². The lowest BCUT2D eigenvalue weighted by Gasteiger charge is -2.23. The predicted octanol–water partition coefficient (Wildman–Crippen LogP) is 3.19. The molecule has 2 N–H and O–H groups in total. The summed E-state index contributed by atoms with van der Waals surface area (Å²) in [6, 6.07) is 5.54. The minimum absolute atomic E-state index is 0.295. The molecule has 1 atom stereocenters. The SMILES string of the molecule is C[C@@H](O)c1ccc(Br)cc1OCC1(O)CCCC1. The Kier molecular flexibility index (Phi) is 4.30. The molecule has 1 aliphatic carbocycles. The number of hydrogen-bond acceptors (Lipinski definition) is 3. The normalized spacial score (nSPS) is 19.8. The minimum Gasteiger partial charge on any atom is -0.490 e. The van der Waals surface area contributed by atoms with E-state index in [2.05, 4.69) is 15.9 Å². The number of ether oxygens (including phenoxy) is 1. The molecule has 0 spiro atoms. The van der Waals surface area contributed by atoms with Gasteiger partial charge in [0.2, 0.25) is 0 Å². The van der Waals surface area contributed by atoms with Gasteiger partial charge in [0.25, 0.3) is 0 Å². The van der Waals surface area contributed by atoms with E-state index in [0.717, 1.165) is 35.7 Å². The second kappa shape index (κ2) is 5.59. The molecule has 0 saturated heterocycles. The fraction of sp³-hybridized carbons (Fsp3) is 0.571. The molecule has 2 rings (SSSR count). The van der Waals surface area contributed by atoms with Crippen LogP contribution >= 0.6 is 15.9 Å². The van der Waals surface area contributed by atoms with Crippen molar-refractivity contribution in [3.05, 3.63) is 28.2 Å². The highest BCUT2D eigenvalue weighted by Gasteiger charge is 2.32. The third kappa shape index (κ3) is 3.25. The van der Waals surface area contributed by atoms with Crippen LogP contribution in [0.4, 0.5) is 0 Å². The highest BCUT2D eigenvalue weighted by Crippen LogP contribution is 2.33. The smallest absolute Gasteiger partial charge is 0.126 e. The maximum Gasteiger partial charge on any atom is 0.126 e. The van der Waals surface area contributed by atoms with Crippen molar-refractivity contribution in [3.8, 4) is 5.75 Å². The molecule has 3 nitrogen and oxygen atoms in total. The Bertz CT molecular complexity index is 412. The minimum atomic E-state index is -0.696. The van der Waals surface area contributed by atoms with E-state index in [1.54, 1.807) is 6.92 Å². The maximum absolute atomic E-state index is 10.3. The molecule has 0 aliphatic heterocycles. The summed E-state index contributed by atoms with van der Waals surface area (Å²) < 4.78 is 6.63. The third-order valence-electron chi connectivity index (χ3n) is 3.46. The molecule has 1 aromatic rings. The molecule has 18 heavy (non-hydrogen) atoms. The summed E-state index contributed by atoms with van der Waals surface area (Å²) >= 11 is 3.39. The summed E-state index contributed by atoms with van der Waals surface area (Å²) in [7, 11) is 0. The predicted molar refractivity (Wildman–Crippen MR) is 73.7 cm³/mol. The topological polar surface area (TPSA) is 49.7 Å². The third-order valence-corrected chi connectivity index (χ3v) is 3.95. The van der Waals surface area contributed by atoms with Crippen LogP contribution in [0.15, 0.2) is 22.7 Å². The monoisotopic (exact) mass is 314 g/mol. The van der Waals surface area contributed by atoms with E-state index in [0.29, 0.717) is 12.4 Å².